The fourth-order valence-electron chi connectivity index (χ4n) is 1.97. The third-order valence-corrected chi connectivity index (χ3v) is 3.21. The van der Waals surface area contributed by atoms with E-state index < -0.39 is 0 Å². The van der Waals surface area contributed by atoms with E-state index in [4.69, 9.17) is 11.6 Å². The largest absolute Gasteiger partial charge is 0.369 e. The molecule has 0 saturated carbocycles. The van der Waals surface area contributed by atoms with Crippen molar-refractivity contribution in [2.24, 2.45) is 0 Å². The molecule has 2 rings (SSSR count). The Morgan fingerprint density at radius 1 is 1.00 bits per heavy atom. The van der Waals surface area contributed by atoms with E-state index in [2.05, 4.69) is 40.1 Å². The molecule has 0 radical (unpaired) electrons. The van der Waals surface area contributed by atoms with Crippen LogP contribution in [0.4, 0.5) is 5.69 Å². The molecule has 0 bridgehead atoms. The van der Waals surface area contributed by atoms with Crippen molar-refractivity contribution in [1.29, 1.82) is 0 Å². The van der Waals surface area contributed by atoms with Crippen LogP contribution < -0.4 is 4.90 Å². The van der Waals surface area contributed by atoms with Gasteiger partial charge in [0.15, 0.2) is 0 Å². The van der Waals surface area contributed by atoms with Crippen LogP contribution in [0.2, 0.25) is 0 Å². The summed E-state index contributed by atoms with van der Waals surface area (Å²) in [7, 11) is 0. The summed E-state index contributed by atoms with van der Waals surface area (Å²) in [4.78, 5) is 4.72. The van der Waals surface area contributed by atoms with E-state index in [1.807, 2.05) is 6.92 Å². The quantitative estimate of drug-likeness (QED) is 0.611. The summed E-state index contributed by atoms with van der Waals surface area (Å²) in [6, 6.07) is 10.6. The summed E-state index contributed by atoms with van der Waals surface area (Å²) in [5.74, 6) is 0. The molecule has 5 heteroatoms. The number of para-hydroxylation sites is 1. The first-order chi connectivity index (χ1) is 7.27. The summed E-state index contributed by atoms with van der Waals surface area (Å²) in [5.41, 5.74) is 1.47. The molecule has 1 unspecified atom stereocenters. The number of anilines is 1. The highest BCUT2D eigenvalue weighted by molar-refractivity contribution is 6.20. The van der Waals surface area contributed by atoms with Crippen LogP contribution in [0.25, 0.3) is 0 Å². The number of halogens is 3. The Bertz CT molecular complexity index is 298. The van der Waals surface area contributed by atoms with E-state index in [9.17, 15) is 0 Å². The summed E-state index contributed by atoms with van der Waals surface area (Å²) < 4.78 is 0. The summed E-state index contributed by atoms with van der Waals surface area (Å²) in [6.07, 6.45) is 0. The van der Waals surface area contributed by atoms with Gasteiger partial charge in [-0.2, -0.15) is 0 Å². The average Bonchev–Trinajstić information content (AvgIpc) is 2.30. The number of alkyl halides is 1. The van der Waals surface area contributed by atoms with Crippen LogP contribution in [0.1, 0.15) is 6.92 Å². The fourth-order valence-corrected chi connectivity index (χ4v) is 2.17. The van der Waals surface area contributed by atoms with E-state index >= 15 is 0 Å². The van der Waals surface area contributed by atoms with Crippen LogP contribution in [0, 0.1) is 0 Å². The molecule has 1 atom stereocenters. The van der Waals surface area contributed by atoms with Gasteiger partial charge in [-0.3, -0.25) is 4.90 Å². The molecule has 0 amide bonds. The SMILES string of the molecule is CC(Cl)N1CCN(c2ccccc2)CC1.Cl.Cl. The topological polar surface area (TPSA) is 6.48 Å². The summed E-state index contributed by atoms with van der Waals surface area (Å²) in [6.45, 7) is 6.29. The minimum Gasteiger partial charge on any atom is -0.369 e. The van der Waals surface area contributed by atoms with Gasteiger partial charge in [0.1, 0.15) is 0 Å². The second-order valence-electron chi connectivity index (χ2n) is 3.93. The molecule has 1 heterocycles. The lowest BCUT2D eigenvalue weighted by Crippen LogP contribution is -2.48. The highest BCUT2D eigenvalue weighted by Crippen LogP contribution is 2.17. The second kappa shape index (κ2) is 8.04. The van der Waals surface area contributed by atoms with Gasteiger partial charge >= 0.3 is 0 Å². The van der Waals surface area contributed by atoms with Crippen molar-refractivity contribution in [2.45, 2.75) is 12.4 Å². The zero-order chi connectivity index (χ0) is 10.7. The fraction of sp³-hybridized carbons (Fsp3) is 0.500. The lowest BCUT2D eigenvalue weighted by molar-refractivity contribution is 0.247. The normalized spacial score (nSPS) is 17.9. The second-order valence-corrected chi connectivity index (χ2v) is 4.56. The van der Waals surface area contributed by atoms with Crippen LogP contribution in [0.5, 0.6) is 0 Å². The molecule has 0 spiro atoms. The first kappa shape index (κ1) is 16.9. The molecule has 1 aromatic rings. The van der Waals surface area contributed by atoms with Crippen LogP contribution >= 0.6 is 36.4 Å². The Morgan fingerprint density at radius 2 is 1.53 bits per heavy atom. The zero-order valence-corrected chi connectivity index (χ0v) is 12.3. The number of nitrogens with zero attached hydrogens (tertiary/aromatic N) is 2. The van der Waals surface area contributed by atoms with Gasteiger partial charge in [0.05, 0.1) is 5.50 Å². The maximum absolute atomic E-state index is 6.06. The Balaban J connectivity index is 0.00000128. The molecule has 0 aromatic heterocycles. The first-order valence-corrected chi connectivity index (χ1v) is 5.89. The lowest BCUT2D eigenvalue weighted by Gasteiger charge is -2.37. The minimum atomic E-state index is 0. The monoisotopic (exact) mass is 296 g/mol. The average molecular weight is 298 g/mol. The third kappa shape index (κ3) is 4.55. The van der Waals surface area contributed by atoms with Gasteiger partial charge in [-0.15, -0.1) is 36.4 Å². The molecule has 1 aliphatic heterocycles. The number of rotatable bonds is 2. The van der Waals surface area contributed by atoms with Gasteiger partial charge in [0.2, 0.25) is 0 Å². The zero-order valence-electron chi connectivity index (χ0n) is 9.88. The predicted molar refractivity (Wildman–Crippen MR) is 80.0 cm³/mol. The molecule has 0 N–H and O–H groups in total. The van der Waals surface area contributed by atoms with E-state index in [-0.39, 0.29) is 30.3 Å². The van der Waals surface area contributed by atoms with E-state index in [1.54, 1.807) is 0 Å². The molecule has 0 aliphatic carbocycles. The van der Waals surface area contributed by atoms with Crippen molar-refractivity contribution in [2.75, 3.05) is 31.1 Å². The van der Waals surface area contributed by atoms with Crippen molar-refractivity contribution >= 4 is 42.1 Å². The first-order valence-electron chi connectivity index (χ1n) is 5.45. The van der Waals surface area contributed by atoms with Gasteiger partial charge in [-0.05, 0) is 19.1 Å². The van der Waals surface area contributed by atoms with Gasteiger partial charge < -0.3 is 4.90 Å². The predicted octanol–water partition coefficient (Wildman–Crippen LogP) is 3.24. The number of piperazine rings is 1. The van der Waals surface area contributed by atoms with Crippen LogP contribution in [-0.4, -0.2) is 36.6 Å². The van der Waals surface area contributed by atoms with E-state index in [1.165, 1.54) is 5.69 Å². The highest BCUT2D eigenvalue weighted by Gasteiger charge is 2.19. The van der Waals surface area contributed by atoms with Gasteiger partial charge in [0.25, 0.3) is 0 Å². The standard InChI is InChI=1S/C12H17ClN2.2ClH/c1-11(13)14-7-9-15(10-8-14)12-5-3-2-4-6-12;;/h2-6,11H,7-10H2,1H3;2*1H. The maximum Gasteiger partial charge on any atom is 0.0823 e. The van der Waals surface area contributed by atoms with Crippen molar-refractivity contribution in [3.8, 4) is 0 Å². The maximum atomic E-state index is 6.06. The van der Waals surface area contributed by atoms with Crippen molar-refractivity contribution < 1.29 is 0 Å². The van der Waals surface area contributed by atoms with Gasteiger partial charge in [-0.1, -0.05) is 18.2 Å². The Morgan fingerprint density at radius 3 is 2.00 bits per heavy atom. The molecule has 1 fully saturated rings. The number of benzene rings is 1. The highest BCUT2D eigenvalue weighted by atomic mass is 35.5. The third-order valence-electron chi connectivity index (χ3n) is 2.94. The smallest absolute Gasteiger partial charge is 0.0823 e. The van der Waals surface area contributed by atoms with E-state index in [0.29, 0.717) is 0 Å². The van der Waals surface area contributed by atoms with Crippen molar-refractivity contribution in [1.82, 2.24) is 4.90 Å². The van der Waals surface area contributed by atoms with E-state index in [0.717, 1.165) is 26.2 Å². The molecule has 2 nitrogen and oxygen atoms in total. The Kier molecular flexibility index (Phi) is 7.97. The molecule has 17 heavy (non-hydrogen) atoms. The number of hydrogen-bond donors (Lipinski definition) is 0. The molecule has 1 aromatic carbocycles. The van der Waals surface area contributed by atoms with Crippen molar-refractivity contribution in [3.05, 3.63) is 30.3 Å². The molecule has 98 valence electrons. The van der Waals surface area contributed by atoms with Crippen LogP contribution in [-0.2, 0) is 0 Å². The molecule has 1 saturated heterocycles. The minimum absolute atomic E-state index is 0. The molecular weight excluding hydrogens is 279 g/mol. The van der Waals surface area contributed by atoms with Crippen LogP contribution in [0.15, 0.2) is 30.3 Å². The summed E-state index contributed by atoms with van der Waals surface area (Å²) >= 11 is 6.06. The van der Waals surface area contributed by atoms with Crippen LogP contribution in [0.3, 0.4) is 0 Å². The number of hydrogen-bond acceptors (Lipinski definition) is 2. The van der Waals surface area contributed by atoms with Gasteiger partial charge in [0, 0.05) is 31.9 Å². The Hall–Kier alpha value is -0.150. The molecule has 1 aliphatic rings. The van der Waals surface area contributed by atoms with Gasteiger partial charge in [-0.25, -0.2) is 0 Å². The Labute approximate surface area is 121 Å². The lowest BCUT2D eigenvalue weighted by atomic mass is 10.2. The van der Waals surface area contributed by atoms with Crippen molar-refractivity contribution in [3.63, 3.8) is 0 Å². The molecular formula is C12H19Cl3N2. The summed E-state index contributed by atoms with van der Waals surface area (Å²) in [5, 5.41) is 0.